The van der Waals surface area contributed by atoms with Gasteiger partial charge in [0.05, 0.1) is 1.37 Å². The molecule has 0 radical (unpaired) electrons. The summed E-state index contributed by atoms with van der Waals surface area (Å²) in [5.74, 6) is 0. The van der Waals surface area contributed by atoms with Crippen LogP contribution < -0.4 is 0 Å². The maximum Gasteiger partial charge on any atom is 0.212 e. The molecule has 0 saturated carbocycles. The highest BCUT2D eigenvalue weighted by Gasteiger charge is 1.99. The van der Waals surface area contributed by atoms with Crippen molar-refractivity contribution in [3.8, 4) is 0 Å². The lowest BCUT2D eigenvalue weighted by Gasteiger charge is -1.71. The van der Waals surface area contributed by atoms with Crippen LogP contribution in [0.15, 0.2) is 12.1 Å². The van der Waals surface area contributed by atoms with E-state index >= 15 is 0 Å². The van der Waals surface area contributed by atoms with Gasteiger partial charge in [0, 0.05) is 8.45 Å². The third-order valence-corrected chi connectivity index (χ3v) is 0.940. The number of hydrogen-bond donors (Lipinski definition) is 0. The summed E-state index contributed by atoms with van der Waals surface area (Å²) < 4.78 is 20.8. The highest BCUT2D eigenvalue weighted by Crippen LogP contribution is 2.09. The van der Waals surface area contributed by atoms with E-state index < -0.39 is 10.8 Å². The van der Waals surface area contributed by atoms with Gasteiger partial charge in [0.2, 0.25) is 5.12 Å². The van der Waals surface area contributed by atoms with Crippen molar-refractivity contribution in [3.63, 3.8) is 0 Å². The Bertz CT molecular complexity index is 186. The fourth-order valence-electron chi connectivity index (χ4n) is 0.201. The third-order valence-electron chi connectivity index (χ3n) is 0.401. The van der Waals surface area contributed by atoms with Crippen LogP contribution in [0.2, 0.25) is 0 Å². The van der Waals surface area contributed by atoms with Crippen molar-refractivity contribution in [2.24, 2.45) is 0 Å². The van der Waals surface area contributed by atoms with Crippen LogP contribution in [0, 0.1) is 0 Å². The first-order chi connectivity index (χ1) is 4.01. The summed E-state index contributed by atoms with van der Waals surface area (Å²) in [4.78, 5) is 10.5. The van der Waals surface area contributed by atoms with Crippen LogP contribution in [0.25, 0.3) is 0 Å². The first-order valence-corrected chi connectivity index (χ1v) is 2.26. The van der Waals surface area contributed by atoms with Crippen molar-refractivity contribution in [3.05, 3.63) is 12.1 Å². The van der Waals surface area contributed by atoms with Crippen LogP contribution in [0.1, 0.15) is 4.11 Å². The molecule has 0 aliphatic carbocycles. The number of carbonyl (C=O) groups is 1. The molecule has 1 nitrogen and oxygen atoms in total. The van der Waals surface area contributed by atoms with Crippen molar-refractivity contribution in [1.29, 1.82) is 0 Å². The summed E-state index contributed by atoms with van der Waals surface area (Å²) in [6.07, 6.45) is 1.01. The Labute approximate surface area is 44.6 Å². The maximum absolute atomic E-state index is 10.5. The van der Waals surface area contributed by atoms with Crippen LogP contribution >= 0.6 is 11.8 Å². The van der Waals surface area contributed by atoms with Crippen LogP contribution in [-0.4, -0.2) is 10.8 Å². The molecule has 0 unspecified atom stereocenters. The lowest BCUT2D eigenvalue weighted by Crippen LogP contribution is -1.72. The van der Waals surface area contributed by atoms with Gasteiger partial charge < -0.3 is 0 Å². The number of thioether (sulfide) groups is 1. The molecule has 6 heavy (non-hydrogen) atoms. The third kappa shape index (κ3) is 0.627. The van der Waals surface area contributed by atoms with E-state index in [1.54, 1.807) is 0 Å². The zero-order valence-electron chi connectivity index (χ0n) is 5.89. The van der Waals surface area contributed by atoms with Gasteiger partial charge in [0.25, 0.3) is 0 Å². The number of carbonyl (C=O) groups excluding carboxylic acids is 1. The SMILES string of the molecule is [2H]C1=CC([2H])([2H])SC1=O. The van der Waals surface area contributed by atoms with Crippen LogP contribution in [0.5, 0.6) is 0 Å². The molecule has 0 bridgehead atoms. The molecule has 0 aromatic rings. The first-order valence-electron chi connectivity index (χ1n) is 2.94. The predicted octanol–water partition coefficient (Wildman–Crippen LogP) is 0.816. The monoisotopic (exact) mass is 103 g/mol. The van der Waals surface area contributed by atoms with Gasteiger partial charge in [-0.15, -0.1) is 0 Å². The topological polar surface area (TPSA) is 17.1 Å². The Kier molecular flexibility index (Phi) is 0.417. The van der Waals surface area contributed by atoms with Crippen molar-refractivity contribution in [2.45, 2.75) is 0 Å². The minimum absolute atomic E-state index is 0.231. The maximum atomic E-state index is 10.5. The fourth-order valence-corrected chi connectivity index (χ4v) is 0.544. The molecule has 1 aliphatic rings. The smallest absolute Gasteiger partial charge is 0.212 e. The largest absolute Gasteiger partial charge is 0.282 e. The molecule has 0 amide bonds. The van der Waals surface area contributed by atoms with Gasteiger partial charge in [0.1, 0.15) is 0 Å². The van der Waals surface area contributed by atoms with Crippen LogP contribution in [-0.2, 0) is 4.79 Å². The van der Waals surface area contributed by atoms with E-state index in [1.165, 1.54) is 0 Å². The van der Waals surface area contributed by atoms with E-state index in [4.69, 9.17) is 4.11 Å². The summed E-state index contributed by atoms with van der Waals surface area (Å²) in [7, 11) is 0. The summed E-state index contributed by atoms with van der Waals surface area (Å²) in [5.41, 5.74) is -1.64. The Morgan fingerprint density at radius 1 is 2.33 bits per heavy atom. The second-order valence-electron chi connectivity index (χ2n) is 0.796. The number of rotatable bonds is 0. The predicted molar refractivity (Wildman–Crippen MR) is 26.6 cm³/mol. The molecule has 0 atom stereocenters. The van der Waals surface area contributed by atoms with Gasteiger partial charge in [-0.05, 0) is 6.05 Å². The van der Waals surface area contributed by atoms with Crippen molar-refractivity contribution < 1.29 is 8.91 Å². The molecule has 1 rings (SSSR count). The molecule has 2 heteroatoms. The summed E-state index contributed by atoms with van der Waals surface area (Å²) >= 11 is 0.545. The highest BCUT2D eigenvalue weighted by atomic mass is 32.2. The zero-order chi connectivity index (χ0) is 7.07. The lowest BCUT2D eigenvalue weighted by molar-refractivity contribution is -0.106. The average molecular weight is 103 g/mol. The zero-order valence-corrected chi connectivity index (χ0v) is 3.71. The lowest BCUT2D eigenvalue weighted by atomic mass is 10.6. The van der Waals surface area contributed by atoms with E-state index in [2.05, 4.69) is 0 Å². The van der Waals surface area contributed by atoms with Crippen molar-refractivity contribution in [1.82, 2.24) is 0 Å². The highest BCUT2D eigenvalue weighted by molar-refractivity contribution is 8.14. The van der Waals surface area contributed by atoms with Crippen LogP contribution in [0.4, 0.5) is 0 Å². The quantitative estimate of drug-likeness (QED) is 0.451. The van der Waals surface area contributed by atoms with Gasteiger partial charge in [-0.25, -0.2) is 0 Å². The van der Waals surface area contributed by atoms with Gasteiger partial charge in [0.15, 0.2) is 0 Å². The molecule has 0 aromatic heterocycles. The Morgan fingerprint density at radius 2 is 3.17 bits per heavy atom. The standard InChI is InChI=1S/C4H4OS/c5-4-2-1-3-6-4/h1-2H,3H2/i2D,3D2. The fraction of sp³-hybridized carbons (Fsp3) is 0.250. The van der Waals surface area contributed by atoms with Crippen molar-refractivity contribution in [2.75, 3.05) is 5.70 Å². The normalized spacial score (nSPS) is 37.0. The minimum atomic E-state index is -1.64. The summed E-state index contributed by atoms with van der Waals surface area (Å²) in [5, 5.41) is -0.486. The molecule has 1 aliphatic heterocycles. The average Bonchev–Trinajstić information content (AvgIpc) is 1.79. The van der Waals surface area contributed by atoms with E-state index in [9.17, 15) is 4.79 Å². The van der Waals surface area contributed by atoms with Crippen molar-refractivity contribution >= 4 is 16.9 Å². The van der Waals surface area contributed by atoms with E-state index in [0.717, 1.165) is 6.08 Å². The molecule has 0 aromatic carbocycles. The van der Waals surface area contributed by atoms with E-state index in [-0.39, 0.29) is 6.05 Å². The second kappa shape index (κ2) is 1.47. The van der Waals surface area contributed by atoms with Gasteiger partial charge in [-0.1, -0.05) is 17.8 Å². The van der Waals surface area contributed by atoms with Crippen LogP contribution in [0.3, 0.4) is 0 Å². The molecule has 0 N–H and O–H groups in total. The van der Waals surface area contributed by atoms with Gasteiger partial charge in [-0.3, -0.25) is 4.79 Å². The first kappa shape index (κ1) is 1.70. The minimum Gasteiger partial charge on any atom is -0.282 e. The summed E-state index contributed by atoms with van der Waals surface area (Å²) in [6, 6.07) is -0.231. The van der Waals surface area contributed by atoms with Gasteiger partial charge in [-0.2, -0.15) is 0 Å². The molecule has 0 spiro atoms. The molecule has 32 valence electrons. The molecular weight excluding hydrogens is 96.1 g/mol. The van der Waals surface area contributed by atoms with E-state index in [0.29, 0.717) is 11.8 Å². The Morgan fingerprint density at radius 3 is 3.33 bits per heavy atom. The number of hydrogen-bond acceptors (Lipinski definition) is 2. The molecular formula is C4H4OS. The Hall–Kier alpha value is -0.240. The second-order valence-corrected chi connectivity index (χ2v) is 1.61. The molecule has 1 heterocycles. The van der Waals surface area contributed by atoms with E-state index in [1.807, 2.05) is 0 Å². The summed E-state index contributed by atoms with van der Waals surface area (Å²) in [6.45, 7) is 0. The Balaban J connectivity index is 2.86. The molecule has 0 saturated heterocycles. The molecule has 0 fully saturated rings. The van der Waals surface area contributed by atoms with Gasteiger partial charge >= 0.3 is 0 Å².